The van der Waals surface area contributed by atoms with E-state index in [4.69, 9.17) is 10.5 Å². The number of benzene rings is 1. The quantitative estimate of drug-likeness (QED) is 0.663. The molecular weight excluding hydrogens is 138 g/mol. The van der Waals surface area contributed by atoms with Crippen LogP contribution in [-0.2, 0) is 11.3 Å². The Hall–Kier alpha value is -0.860. The van der Waals surface area contributed by atoms with Crippen molar-refractivity contribution in [2.24, 2.45) is 5.73 Å². The largest absolute Gasteiger partial charge is 0.362 e. The average molecular weight is 151 g/mol. The van der Waals surface area contributed by atoms with E-state index in [1.54, 1.807) is 0 Å². The molecule has 0 aliphatic carbocycles. The first-order chi connectivity index (χ1) is 5.33. The van der Waals surface area contributed by atoms with Crippen LogP contribution in [0.25, 0.3) is 0 Å². The first kappa shape index (κ1) is 8.24. The molecule has 2 N–H and O–H groups in total. The maximum Gasteiger partial charge on any atom is 0.0944 e. The van der Waals surface area contributed by atoms with Crippen molar-refractivity contribution in [3.8, 4) is 0 Å². The van der Waals surface area contributed by atoms with Crippen LogP contribution in [0, 0.1) is 6.92 Å². The van der Waals surface area contributed by atoms with Crippen molar-refractivity contribution in [2.45, 2.75) is 13.5 Å². The third kappa shape index (κ3) is 2.70. The second kappa shape index (κ2) is 4.11. The second-order valence-electron chi connectivity index (χ2n) is 2.50. The van der Waals surface area contributed by atoms with Gasteiger partial charge in [-0.25, -0.2) is 0 Å². The zero-order valence-corrected chi connectivity index (χ0v) is 6.71. The highest BCUT2D eigenvalue weighted by atomic mass is 16.5. The molecule has 0 fully saturated rings. The lowest BCUT2D eigenvalue weighted by molar-refractivity contribution is 0.127. The molecule has 0 heterocycles. The van der Waals surface area contributed by atoms with Gasteiger partial charge in [-0.15, -0.1) is 0 Å². The highest BCUT2D eigenvalue weighted by Crippen LogP contribution is 2.04. The molecule has 0 radical (unpaired) electrons. The van der Waals surface area contributed by atoms with Crippen molar-refractivity contribution in [1.29, 1.82) is 0 Å². The van der Waals surface area contributed by atoms with Gasteiger partial charge in [0.25, 0.3) is 0 Å². The monoisotopic (exact) mass is 151 g/mol. The topological polar surface area (TPSA) is 35.2 Å². The Kier molecular flexibility index (Phi) is 3.08. The zero-order valence-electron chi connectivity index (χ0n) is 6.71. The lowest BCUT2D eigenvalue weighted by Gasteiger charge is -2.01. The number of aryl methyl sites for hydroxylation is 1. The predicted molar refractivity (Wildman–Crippen MR) is 45.0 cm³/mol. The average Bonchev–Trinajstić information content (AvgIpc) is 2.01. The van der Waals surface area contributed by atoms with Gasteiger partial charge in [0.1, 0.15) is 0 Å². The molecule has 0 saturated heterocycles. The Morgan fingerprint density at radius 3 is 2.91 bits per heavy atom. The Morgan fingerprint density at radius 2 is 2.27 bits per heavy atom. The fraction of sp³-hybridized carbons (Fsp3) is 0.333. The normalized spacial score (nSPS) is 10.0. The van der Waals surface area contributed by atoms with E-state index in [2.05, 4.69) is 19.1 Å². The molecule has 2 nitrogen and oxygen atoms in total. The van der Waals surface area contributed by atoms with Gasteiger partial charge < -0.3 is 10.5 Å². The van der Waals surface area contributed by atoms with Gasteiger partial charge in [0.2, 0.25) is 0 Å². The number of rotatable bonds is 3. The molecule has 0 unspecified atom stereocenters. The molecule has 0 bridgehead atoms. The molecular formula is C9H13NO. The maximum absolute atomic E-state index is 5.19. The van der Waals surface area contributed by atoms with E-state index in [-0.39, 0.29) is 6.73 Å². The summed E-state index contributed by atoms with van der Waals surface area (Å²) >= 11 is 0. The van der Waals surface area contributed by atoms with Gasteiger partial charge in [0, 0.05) is 0 Å². The molecule has 60 valence electrons. The standard InChI is InChI=1S/C9H13NO/c1-8-3-2-4-9(5-8)6-11-7-10/h2-5H,6-7,10H2,1H3. The molecule has 0 aliphatic rings. The SMILES string of the molecule is Cc1cccc(COCN)c1. The van der Waals surface area contributed by atoms with Gasteiger partial charge in [-0.3, -0.25) is 0 Å². The van der Waals surface area contributed by atoms with Gasteiger partial charge in [-0.2, -0.15) is 0 Å². The minimum absolute atomic E-state index is 0.286. The van der Waals surface area contributed by atoms with Crippen molar-refractivity contribution < 1.29 is 4.74 Å². The minimum atomic E-state index is 0.286. The van der Waals surface area contributed by atoms with E-state index in [0.717, 1.165) is 0 Å². The molecule has 0 spiro atoms. The summed E-state index contributed by atoms with van der Waals surface area (Å²) in [6.07, 6.45) is 0. The molecule has 0 aliphatic heterocycles. The summed E-state index contributed by atoms with van der Waals surface area (Å²) in [5.41, 5.74) is 7.62. The fourth-order valence-corrected chi connectivity index (χ4v) is 0.979. The first-order valence-corrected chi connectivity index (χ1v) is 3.66. The molecule has 0 atom stereocenters. The van der Waals surface area contributed by atoms with Crippen LogP contribution in [0.5, 0.6) is 0 Å². The summed E-state index contributed by atoms with van der Waals surface area (Å²) < 4.78 is 5.05. The fourth-order valence-electron chi connectivity index (χ4n) is 0.979. The minimum Gasteiger partial charge on any atom is -0.362 e. The Labute approximate surface area is 67.0 Å². The molecule has 0 saturated carbocycles. The van der Waals surface area contributed by atoms with Gasteiger partial charge in [0.05, 0.1) is 13.3 Å². The van der Waals surface area contributed by atoms with Crippen LogP contribution in [0.3, 0.4) is 0 Å². The van der Waals surface area contributed by atoms with Crippen LogP contribution in [0.2, 0.25) is 0 Å². The van der Waals surface area contributed by atoms with E-state index in [1.807, 2.05) is 12.1 Å². The molecule has 0 aromatic heterocycles. The first-order valence-electron chi connectivity index (χ1n) is 3.66. The lowest BCUT2D eigenvalue weighted by atomic mass is 10.1. The smallest absolute Gasteiger partial charge is 0.0944 e. The predicted octanol–water partition coefficient (Wildman–Crippen LogP) is 1.43. The molecule has 0 amide bonds. The Balaban J connectivity index is 2.56. The van der Waals surface area contributed by atoms with E-state index >= 15 is 0 Å². The summed E-state index contributed by atoms with van der Waals surface area (Å²) in [7, 11) is 0. The second-order valence-corrected chi connectivity index (χ2v) is 2.50. The van der Waals surface area contributed by atoms with Crippen molar-refractivity contribution in [1.82, 2.24) is 0 Å². The van der Waals surface area contributed by atoms with Crippen LogP contribution in [0.4, 0.5) is 0 Å². The number of hydrogen-bond donors (Lipinski definition) is 1. The maximum atomic E-state index is 5.19. The molecule has 1 aromatic rings. The van der Waals surface area contributed by atoms with Crippen molar-refractivity contribution in [3.63, 3.8) is 0 Å². The number of ether oxygens (including phenoxy) is 1. The summed E-state index contributed by atoms with van der Waals surface area (Å²) in [6.45, 7) is 2.96. The Morgan fingerprint density at radius 1 is 1.45 bits per heavy atom. The van der Waals surface area contributed by atoms with Gasteiger partial charge >= 0.3 is 0 Å². The molecule has 2 heteroatoms. The van der Waals surface area contributed by atoms with Crippen LogP contribution in [0.1, 0.15) is 11.1 Å². The summed E-state index contributed by atoms with van der Waals surface area (Å²) in [6, 6.07) is 8.20. The van der Waals surface area contributed by atoms with Crippen molar-refractivity contribution >= 4 is 0 Å². The zero-order chi connectivity index (χ0) is 8.10. The van der Waals surface area contributed by atoms with Crippen LogP contribution >= 0.6 is 0 Å². The third-order valence-corrected chi connectivity index (χ3v) is 1.47. The lowest BCUT2D eigenvalue weighted by Crippen LogP contribution is -2.04. The molecule has 1 rings (SSSR count). The molecule has 1 aromatic carbocycles. The van der Waals surface area contributed by atoms with Crippen LogP contribution in [0.15, 0.2) is 24.3 Å². The van der Waals surface area contributed by atoms with E-state index < -0.39 is 0 Å². The Bertz CT molecular complexity index is 223. The van der Waals surface area contributed by atoms with Crippen molar-refractivity contribution in [2.75, 3.05) is 6.73 Å². The van der Waals surface area contributed by atoms with Crippen LogP contribution in [-0.4, -0.2) is 6.73 Å². The van der Waals surface area contributed by atoms with Crippen molar-refractivity contribution in [3.05, 3.63) is 35.4 Å². The van der Waals surface area contributed by atoms with E-state index in [9.17, 15) is 0 Å². The van der Waals surface area contributed by atoms with Crippen LogP contribution < -0.4 is 5.73 Å². The summed E-state index contributed by atoms with van der Waals surface area (Å²) in [5.74, 6) is 0. The highest BCUT2D eigenvalue weighted by molar-refractivity contribution is 5.21. The van der Waals surface area contributed by atoms with Gasteiger partial charge in [-0.05, 0) is 12.5 Å². The van der Waals surface area contributed by atoms with Gasteiger partial charge in [-0.1, -0.05) is 29.8 Å². The summed E-state index contributed by atoms with van der Waals surface area (Å²) in [5, 5.41) is 0. The van der Waals surface area contributed by atoms with Gasteiger partial charge in [0.15, 0.2) is 0 Å². The number of hydrogen-bond acceptors (Lipinski definition) is 2. The number of nitrogens with two attached hydrogens (primary N) is 1. The molecule has 11 heavy (non-hydrogen) atoms. The van der Waals surface area contributed by atoms with E-state index in [1.165, 1.54) is 11.1 Å². The third-order valence-electron chi connectivity index (χ3n) is 1.47. The summed E-state index contributed by atoms with van der Waals surface area (Å²) in [4.78, 5) is 0. The van der Waals surface area contributed by atoms with E-state index in [0.29, 0.717) is 6.61 Å². The highest BCUT2D eigenvalue weighted by Gasteiger charge is 1.90.